The number of aryl methyl sites for hydroxylation is 1. The van der Waals surface area contributed by atoms with Crippen molar-refractivity contribution >= 4 is 28.3 Å². The van der Waals surface area contributed by atoms with Crippen molar-refractivity contribution in [1.82, 2.24) is 0 Å². The molecule has 0 bridgehead atoms. The van der Waals surface area contributed by atoms with Crippen LogP contribution in [0.1, 0.15) is 18.9 Å². The van der Waals surface area contributed by atoms with Crippen LogP contribution in [-0.2, 0) is 9.47 Å². The molecular weight excluding hydrogens is 341 g/mol. The van der Waals surface area contributed by atoms with Gasteiger partial charge in [-0.05, 0) is 60.6 Å². The molecule has 0 radical (unpaired) electrons. The Morgan fingerprint density at radius 3 is 2.83 bits per heavy atom. The van der Waals surface area contributed by atoms with E-state index in [1.165, 1.54) is 9.13 Å². The molecule has 18 heavy (non-hydrogen) atoms. The normalized spacial score (nSPS) is 26.8. The Labute approximate surface area is 122 Å². The largest absolute Gasteiger partial charge is 0.379 e. The number of hydrogen-bond acceptors (Lipinski definition) is 3. The second kappa shape index (κ2) is 6.21. The fraction of sp³-hybridized carbons (Fsp3) is 0.571. The minimum atomic E-state index is 0.156. The number of ether oxygens (including phenoxy) is 2. The van der Waals surface area contributed by atoms with E-state index in [1.807, 2.05) is 6.92 Å². The molecule has 0 heterocycles. The van der Waals surface area contributed by atoms with E-state index in [-0.39, 0.29) is 12.2 Å². The van der Waals surface area contributed by atoms with Crippen molar-refractivity contribution in [2.24, 2.45) is 0 Å². The molecule has 4 heteroatoms. The van der Waals surface area contributed by atoms with Gasteiger partial charge in [0, 0.05) is 23.0 Å². The zero-order valence-electron chi connectivity index (χ0n) is 11.1. The Bertz CT molecular complexity index is 411. The standard InChI is InChI=1S/C14H20INO2/c1-4-18-13-8-12(14(13)17-3)16-10-6-5-9(2)11(15)7-10/h5-7,12-14,16H,4,8H2,1-3H3. The monoisotopic (exact) mass is 361 g/mol. The first-order valence-electron chi connectivity index (χ1n) is 6.32. The van der Waals surface area contributed by atoms with Crippen molar-refractivity contribution in [2.75, 3.05) is 19.0 Å². The summed E-state index contributed by atoms with van der Waals surface area (Å²) in [4.78, 5) is 0. The van der Waals surface area contributed by atoms with Gasteiger partial charge in [0.05, 0.1) is 12.1 Å². The predicted molar refractivity (Wildman–Crippen MR) is 82.1 cm³/mol. The van der Waals surface area contributed by atoms with Crippen LogP contribution in [0.4, 0.5) is 5.69 Å². The minimum Gasteiger partial charge on any atom is -0.379 e. The van der Waals surface area contributed by atoms with Crippen molar-refractivity contribution in [1.29, 1.82) is 0 Å². The summed E-state index contributed by atoms with van der Waals surface area (Å²) in [6.45, 7) is 4.90. The van der Waals surface area contributed by atoms with E-state index in [4.69, 9.17) is 9.47 Å². The van der Waals surface area contributed by atoms with Crippen LogP contribution in [-0.4, -0.2) is 32.0 Å². The van der Waals surface area contributed by atoms with Crippen LogP contribution in [0, 0.1) is 10.5 Å². The molecule has 0 saturated heterocycles. The molecule has 1 saturated carbocycles. The Morgan fingerprint density at radius 1 is 1.44 bits per heavy atom. The van der Waals surface area contributed by atoms with E-state index >= 15 is 0 Å². The van der Waals surface area contributed by atoms with Crippen molar-refractivity contribution in [3.05, 3.63) is 27.3 Å². The number of anilines is 1. The molecule has 0 amide bonds. The molecular formula is C14H20INO2. The number of halogens is 1. The minimum absolute atomic E-state index is 0.156. The molecule has 100 valence electrons. The van der Waals surface area contributed by atoms with E-state index in [2.05, 4.69) is 53.0 Å². The van der Waals surface area contributed by atoms with Crippen LogP contribution >= 0.6 is 22.6 Å². The molecule has 3 nitrogen and oxygen atoms in total. The summed E-state index contributed by atoms with van der Waals surface area (Å²) in [5.41, 5.74) is 2.47. The van der Waals surface area contributed by atoms with Crippen LogP contribution in [0.25, 0.3) is 0 Å². The lowest BCUT2D eigenvalue weighted by molar-refractivity contribution is -0.118. The first-order chi connectivity index (χ1) is 8.65. The zero-order chi connectivity index (χ0) is 13.1. The van der Waals surface area contributed by atoms with Crippen LogP contribution in [0.3, 0.4) is 0 Å². The highest BCUT2D eigenvalue weighted by molar-refractivity contribution is 14.1. The average molecular weight is 361 g/mol. The van der Waals surface area contributed by atoms with Crippen LogP contribution < -0.4 is 5.32 Å². The lowest BCUT2D eigenvalue weighted by Crippen LogP contribution is -2.56. The molecule has 1 fully saturated rings. The van der Waals surface area contributed by atoms with E-state index in [0.717, 1.165) is 18.7 Å². The Morgan fingerprint density at radius 2 is 2.22 bits per heavy atom. The van der Waals surface area contributed by atoms with Gasteiger partial charge in [-0.2, -0.15) is 0 Å². The van der Waals surface area contributed by atoms with Gasteiger partial charge in [-0.1, -0.05) is 6.07 Å². The van der Waals surface area contributed by atoms with Crippen LogP contribution in [0.2, 0.25) is 0 Å². The lowest BCUT2D eigenvalue weighted by Gasteiger charge is -2.43. The Balaban J connectivity index is 1.96. The molecule has 0 spiro atoms. The molecule has 1 aliphatic carbocycles. The molecule has 3 unspecified atom stereocenters. The van der Waals surface area contributed by atoms with Gasteiger partial charge in [0.1, 0.15) is 6.10 Å². The Kier molecular flexibility index (Phi) is 4.86. The second-order valence-electron chi connectivity index (χ2n) is 4.64. The maximum atomic E-state index is 5.63. The fourth-order valence-electron chi connectivity index (χ4n) is 2.31. The highest BCUT2D eigenvalue weighted by Gasteiger charge is 2.42. The summed E-state index contributed by atoms with van der Waals surface area (Å²) in [6, 6.07) is 6.80. The molecule has 0 aromatic heterocycles. The number of nitrogens with one attached hydrogen (secondary N) is 1. The fourth-order valence-corrected chi connectivity index (χ4v) is 2.83. The van der Waals surface area contributed by atoms with Gasteiger partial charge >= 0.3 is 0 Å². The van der Waals surface area contributed by atoms with Gasteiger partial charge in [0.25, 0.3) is 0 Å². The third kappa shape index (κ3) is 2.97. The highest BCUT2D eigenvalue weighted by atomic mass is 127. The quantitative estimate of drug-likeness (QED) is 0.818. The summed E-state index contributed by atoms with van der Waals surface area (Å²) in [5.74, 6) is 0. The van der Waals surface area contributed by atoms with Crippen LogP contribution in [0.5, 0.6) is 0 Å². The average Bonchev–Trinajstić information content (AvgIpc) is 2.32. The summed E-state index contributed by atoms with van der Waals surface area (Å²) >= 11 is 2.36. The van der Waals surface area contributed by atoms with E-state index in [1.54, 1.807) is 7.11 Å². The van der Waals surface area contributed by atoms with Gasteiger partial charge in [-0.25, -0.2) is 0 Å². The summed E-state index contributed by atoms with van der Waals surface area (Å²) < 4.78 is 12.4. The number of rotatable bonds is 5. The van der Waals surface area contributed by atoms with Gasteiger partial charge in [-0.3, -0.25) is 0 Å². The Hall–Kier alpha value is -0.330. The third-order valence-electron chi connectivity index (χ3n) is 3.43. The van der Waals surface area contributed by atoms with Crippen molar-refractivity contribution in [2.45, 2.75) is 38.5 Å². The highest BCUT2D eigenvalue weighted by Crippen LogP contribution is 2.30. The van der Waals surface area contributed by atoms with Crippen molar-refractivity contribution < 1.29 is 9.47 Å². The van der Waals surface area contributed by atoms with Gasteiger partial charge in [-0.15, -0.1) is 0 Å². The zero-order valence-corrected chi connectivity index (χ0v) is 13.2. The SMILES string of the molecule is CCOC1CC(Nc2ccc(C)c(I)c2)C1OC. The number of methoxy groups -OCH3 is 1. The third-order valence-corrected chi connectivity index (χ3v) is 4.59. The maximum absolute atomic E-state index is 5.63. The van der Waals surface area contributed by atoms with Crippen molar-refractivity contribution in [3.63, 3.8) is 0 Å². The van der Waals surface area contributed by atoms with E-state index < -0.39 is 0 Å². The number of benzene rings is 1. The maximum Gasteiger partial charge on any atom is 0.103 e. The van der Waals surface area contributed by atoms with Gasteiger partial charge < -0.3 is 14.8 Å². The summed E-state index contributed by atoms with van der Waals surface area (Å²) in [7, 11) is 1.75. The predicted octanol–water partition coefficient (Wildman–Crippen LogP) is 3.20. The molecule has 1 aliphatic rings. The first kappa shape index (κ1) is 14.1. The van der Waals surface area contributed by atoms with E-state index in [0.29, 0.717) is 6.04 Å². The first-order valence-corrected chi connectivity index (χ1v) is 7.40. The van der Waals surface area contributed by atoms with E-state index in [9.17, 15) is 0 Å². The van der Waals surface area contributed by atoms with Gasteiger partial charge in [0.15, 0.2) is 0 Å². The summed E-state index contributed by atoms with van der Waals surface area (Å²) in [6.07, 6.45) is 1.41. The van der Waals surface area contributed by atoms with Crippen LogP contribution in [0.15, 0.2) is 18.2 Å². The molecule has 3 atom stereocenters. The molecule has 2 rings (SSSR count). The molecule has 1 aromatic rings. The van der Waals surface area contributed by atoms with Gasteiger partial charge in [0.2, 0.25) is 0 Å². The lowest BCUT2D eigenvalue weighted by atomic mass is 9.85. The molecule has 0 aliphatic heterocycles. The topological polar surface area (TPSA) is 30.5 Å². The van der Waals surface area contributed by atoms with Crippen molar-refractivity contribution in [3.8, 4) is 0 Å². The summed E-state index contributed by atoms with van der Waals surface area (Å²) in [5, 5.41) is 3.53. The molecule has 1 N–H and O–H groups in total. The smallest absolute Gasteiger partial charge is 0.103 e. The second-order valence-corrected chi connectivity index (χ2v) is 5.81. The number of hydrogen-bond donors (Lipinski definition) is 1. The molecule has 1 aromatic carbocycles.